The molecule has 0 saturated carbocycles. The molecule has 7 N–H and O–H groups in total. The Hall–Kier alpha value is -1.01. The molecule has 0 aliphatic carbocycles. The van der Waals surface area contributed by atoms with E-state index in [1.165, 1.54) is 77.0 Å². The van der Waals surface area contributed by atoms with Gasteiger partial charge in [0.15, 0.2) is 12.6 Å². The van der Waals surface area contributed by atoms with Crippen LogP contribution in [0.5, 0.6) is 0 Å². The fourth-order valence-electron chi connectivity index (χ4n) is 6.64. The highest BCUT2D eigenvalue weighted by atomic mass is 16.7. The molecule has 2 saturated heterocycles. The van der Waals surface area contributed by atoms with E-state index in [4.69, 9.17) is 28.4 Å². The number of rotatable bonds is 31. The van der Waals surface area contributed by atoms with Gasteiger partial charge in [0.2, 0.25) is 0 Å². The van der Waals surface area contributed by atoms with E-state index in [-0.39, 0.29) is 25.6 Å². The third-order valence-corrected chi connectivity index (χ3v) is 10.1. The van der Waals surface area contributed by atoms with Crippen molar-refractivity contribution in [1.29, 1.82) is 0 Å². The summed E-state index contributed by atoms with van der Waals surface area (Å²) in [5.41, 5.74) is 0. The smallest absolute Gasteiger partial charge is 0.306 e. The van der Waals surface area contributed by atoms with Crippen molar-refractivity contribution in [3.8, 4) is 0 Å². The summed E-state index contributed by atoms with van der Waals surface area (Å²) in [6, 6.07) is 0. The second-order valence-corrected chi connectivity index (χ2v) is 14.8. The summed E-state index contributed by atoms with van der Waals surface area (Å²) in [5.74, 6) is -0.379. The van der Waals surface area contributed by atoms with Gasteiger partial charge in [-0.15, -0.1) is 0 Å². The molecular weight excluding hydrogens is 692 g/mol. The molecule has 14 nitrogen and oxygen atoms in total. The van der Waals surface area contributed by atoms with Gasteiger partial charge in [0.05, 0.1) is 26.4 Å². The molecule has 53 heavy (non-hydrogen) atoms. The van der Waals surface area contributed by atoms with Gasteiger partial charge in [-0.1, -0.05) is 123 Å². The first-order chi connectivity index (χ1) is 25.6. The van der Waals surface area contributed by atoms with Crippen molar-refractivity contribution in [2.24, 2.45) is 0 Å². The Morgan fingerprint density at radius 1 is 0.547 bits per heavy atom. The summed E-state index contributed by atoms with van der Waals surface area (Å²) < 4.78 is 34.0. The molecule has 11 unspecified atom stereocenters. The summed E-state index contributed by atoms with van der Waals surface area (Å²) in [5, 5.41) is 71.6. The lowest BCUT2D eigenvalue weighted by Crippen LogP contribution is -2.61. The summed E-state index contributed by atoms with van der Waals surface area (Å²) >= 11 is 0. The number of esters is 1. The van der Waals surface area contributed by atoms with Crippen LogP contribution in [-0.2, 0) is 33.2 Å². The fourth-order valence-corrected chi connectivity index (χ4v) is 6.64. The molecule has 0 aromatic rings. The van der Waals surface area contributed by atoms with Crippen LogP contribution in [-0.4, -0.2) is 142 Å². The minimum absolute atomic E-state index is 0.0679. The highest BCUT2D eigenvalue weighted by molar-refractivity contribution is 5.69. The quantitative estimate of drug-likeness (QED) is 0.0398. The largest absolute Gasteiger partial charge is 0.457 e. The van der Waals surface area contributed by atoms with Crippen LogP contribution in [0.25, 0.3) is 0 Å². The Morgan fingerprint density at radius 3 is 1.53 bits per heavy atom. The maximum atomic E-state index is 12.8. The van der Waals surface area contributed by atoms with E-state index < -0.39 is 80.7 Å². The molecular formula is C39H74O14. The lowest BCUT2D eigenvalue weighted by Gasteiger charge is -2.42. The van der Waals surface area contributed by atoms with Crippen molar-refractivity contribution in [1.82, 2.24) is 0 Å². The third kappa shape index (κ3) is 19.1. The van der Waals surface area contributed by atoms with Crippen molar-refractivity contribution < 1.29 is 69.0 Å². The van der Waals surface area contributed by atoms with Gasteiger partial charge in [-0.25, -0.2) is 0 Å². The van der Waals surface area contributed by atoms with Gasteiger partial charge < -0.3 is 64.2 Å². The van der Waals surface area contributed by atoms with Crippen LogP contribution in [0.3, 0.4) is 0 Å². The SMILES string of the molecule is CCCCCCCCCCCCC(=O)OC(COCCCCCCCCCCC)COC1OC(COC2OC(CO)C(O)C(O)C2O)C(O)C(O)C1O. The number of carbonyl (C=O) groups excluding carboxylic acids is 1. The predicted molar refractivity (Wildman–Crippen MR) is 197 cm³/mol. The van der Waals surface area contributed by atoms with E-state index in [1.54, 1.807) is 0 Å². The number of hydrogen-bond acceptors (Lipinski definition) is 14. The highest BCUT2D eigenvalue weighted by Crippen LogP contribution is 2.26. The van der Waals surface area contributed by atoms with E-state index in [1.807, 2.05) is 0 Å². The zero-order valence-corrected chi connectivity index (χ0v) is 32.5. The number of hydrogen-bond donors (Lipinski definition) is 7. The molecule has 0 aromatic carbocycles. The topological polar surface area (TPSA) is 214 Å². The van der Waals surface area contributed by atoms with Crippen molar-refractivity contribution in [2.45, 2.75) is 210 Å². The van der Waals surface area contributed by atoms with E-state index in [2.05, 4.69) is 13.8 Å². The normalized spacial score (nSPS) is 29.7. The van der Waals surface area contributed by atoms with Gasteiger partial charge in [0.25, 0.3) is 0 Å². The Bertz CT molecular complexity index is 896. The van der Waals surface area contributed by atoms with Crippen molar-refractivity contribution in [3.63, 3.8) is 0 Å². The molecule has 0 spiro atoms. The first-order valence-corrected chi connectivity index (χ1v) is 20.6. The van der Waals surface area contributed by atoms with Crippen LogP contribution >= 0.6 is 0 Å². The molecule has 11 atom stereocenters. The molecule has 2 heterocycles. The lowest BCUT2D eigenvalue weighted by atomic mass is 9.98. The maximum absolute atomic E-state index is 12.8. The number of carbonyl (C=O) groups is 1. The molecule has 0 radical (unpaired) electrons. The van der Waals surface area contributed by atoms with E-state index in [0.29, 0.717) is 13.0 Å². The van der Waals surface area contributed by atoms with E-state index in [0.717, 1.165) is 38.5 Å². The summed E-state index contributed by atoms with van der Waals surface area (Å²) in [4.78, 5) is 12.8. The lowest BCUT2D eigenvalue weighted by molar-refractivity contribution is -0.332. The molecule has 2 rings (SSSR count). The summed E-state index contributed by atoms with van der Waals surface area (Å²) in [6.45, 7) is 3.64. The first kappa shape index (κ1) is 48.1. The summed E-state index contributed by atoms with van der Waals surface area (Å²) in [7, 11) is 0. The second-order valence-electron chi connectivity index (χ2n) is 14.8. The van der Waals surface area contributed by atoms with Crippen LogP contribution in [0.4, 0.5) is 0 Å². The molecule has 0 amide bonds. The van der Waals surface area contributed by atoms with Crippen molar-refractivity contribution in [3.05, 3.63) is 0 Å². The van der Waals surface area contributed by atoms with E-state index >= 15 is 0 Å². The third-order valence-electron chi connectivity index (χ3n) is 10.1. The molecule has 2 aliphatic heterocycles. The minimum Gasteiger partial charge on any atom is -0.457 e. The standard InChI is InChI=1S/C39H74O14/c1-3-5-7-9-11-13-14-16-18-20-22-31(41)51-28(25-48-23-21-19-17-15-12-10-8-6-4-2)26-49-38-37(47)35(45)33(43)30(53-38)27-50-39-36(46)34(44)32(42)29(24-40)52-39/h28-30,32-40,42-47H,3-27H2,1-2H3. The van der Waals surface area contributed by atoms with Crippen molar-refractivity contribution >= 4 is 5.97 Å². The van der Waals surface area contributed by atoms with E-state index in [9.17, 15) is 40.5 Å². The van der Waals surface area contributed by atoms with Gasteiger partial charge in [0, 0.05) is 13.0 Å². The number of unbranched alkanes of at least 4 members (excludes halogenated alkanes) is 17. The van der Waals surface area contributed by atoms with Gasteiger partial charge in [-0.3, -0.25) is 4.79 Å². The Labute approximate surface area is 317 Å². The Morgan fingerprint density at radius 2 is 1.00 bits per heavy atom. The average molecular weight is 767 g/mol. The number of aliphatic hydroxyl groups excluding tert-OH is 7. The van der Waals surface area contributed by atoms with Gasteiger partial charge in [0.1, 0.15) is 54.9 Å². The minimum atomic E-state index is -1.70. The first-order valence-electron chi connectivity index (χ1n) is 20.6. The van der Waals surface area contributed by atoms with Gasteiger partial charge in [-0.05, 0) is 12.8 Å². The zero-order valence-electron chi connectivity index (χ0n) is 32.5. The van der Waals surface area contributed by atoms with Crippen LogP contribution in [0, 0.1) is 0 Å². The van der Waals surface area contributed by atoms with Gasteiger partial charge in [-0.2, -0.15) is 0 Å². The average Bonchev–Trinajstić information content (AvgIpc) is 3.15. The fraction of sp³-hybridized carbons (Fsp3) is 0.974. The molecule has 0 aromatic heterocycles. The molecule has 2 fully saturated rings. The predicted octanol–water partition coefficient (Wildman–Crippen LogP) is 3.40. The second kappa shape index (κ2) is 29.3. The highest BCUT2D eigenvalue weighted by Gasteiger charge is 2.47. The Kier molecular flexibility index (Phi) is 26.6. The molecule has 0 bridgehead atoms. The maximum Gasteiger partial charge on any atom is 0.306 e. The van der Waals surface area contributed by atoms with Crippen LogP contribution in [0.15, 0.2) is 0 Å². The van der Waals surface area contributed by atoms with Crippen LogP contribution in [0.2, 0.25) is 0 Å². The zero-order chi connectivity index (χ0) is 38.8. The van der Waals surface area contributed by atoms with Crippen LogP contribution in [0.1, 0.15) is 142 Å². The van der Waals surface area contributed by atoms with Gasteiger partial charge >= 0.3 is 5.97 Å². The van der Waals surface area contributed by atoms with Crippen molar-refractivity contribution in [2.75, 3.05) is 33.0 Å². The number of aliphatic hydroxyl groups is 7. The monoisotopic (exact) mass is 767 g/mol. The molecule has 2 aliphatic rings. The Balaban J connectivity index is 1.86. The van der Waals surface area contributed by atoms with Crippen LogP contribution < -0.4 is 0 Å². The molecule has 14 heteroatoms. The number of ether oxygens (including phenoxy) is 6. The molecule has 314 valence electrons. The summed E-state index contributed by atoms with van der Waals surface area (Å²) in [6.07, 6.45) is 6.21.